The predicted molar refractivity (Wildman–Crippen MR) is 69.4 cm³/mol. The fourth-order valence-corrected chi connectivity index (χ4v) is 2.02. The van der Waals surface area contributed by atoms with Gasteiger partial charge in [0.25, 0.3) is 5.91 Å². The molecule has 0 spiro atoms. The minimum absolute atomic E-state index is 0.0758. The van der Waals surface area contributed by atoms with Crippen LogP contribution in [0.1, 0.15) is 28.7 Å². The van der Waals surface area contributed by atoms with Crippen LogP contribution in [0.25, 0.3) is 11.1 Å². The van der Waals surface area contributed by atoms with E-state index in [0.29, 0.717) is 12.1 Å². The number of benzene rings is 1. The highest BCUT2D eigenvalue weighted by molar-refractivity contribution is 6.01. The lowest BCUT2D eigenvalue weighted by Gasteiger charge is -2.08. The Morgan fingerprint density at radius 2 is 2.06 bits per heavy atom. The number of carbonyl (C=O) groups is 1. The fourth-order valence-electron chi connectivity index (χ4n) is 2.02. The number of aromatic nitrogens is 1. The molecule has 1 heterocycles. The van der Waals surface area contributed by atoms with Crippen molar-refractivity contribution < 1.29 is 9.32 Å². The van der Waals surface area contributed by atoms with Gasteiger partial charge >= 0.3 is 0 Å². The van der Waals surface area contributed by atoms with E-state index in [1.54, 1.807) is 0 Å². The second kappa shape index (κ2) is 5.04. The molecular formula is C14H16N2O2. The Morgan fingerprint density at radius 1 is 1.33 bits per heavy atom. The Bertz CT molecular complexity index is 553. The number of nitrogens with one attached hydrogen (secondary N) is 1. The molecule has 0 aliphatic rings. The summed E-state index contributed by atoms with van der Waals surface area (Å²) in [5.74, 6) is 0.650. The van der Waals surface area contributed by atoms with E-state index in [1.807, 2.05) is 45.0 Å². The molecule has 0 atom stereocenters. The molecule has 0 bridgehead atoms. The highest BCUT2D eigenvalue weighted by Gasteiger charge is 2.17. The molecule has 0 unspecified atom stereocenters. The van der Waals surface area contributed by atoms with Crippen LogP contribution in [0.2, 0.25) is 0 Å². The minimum Gasteiger partial charge on any atom is -0.361 e. The summed E-state index contributed by atoms with van der Waals surface area (Å²) in [4.78, 5) is 12.0. The average Bonchev–Trinajstić information content (AvgIpc) is 2.69. The lowest BCUT2D eigenvalue weighted by atomic mass is 9.98. The highest BCUT2D eigenvalue weighted by atomic mass is 16.5. The van der Waals surface area contributed by atoms with Gasteiger partial charge in [0, 0.05) is 17.7 Å². The van der Waals surface area contributed by atoms with Crippen molar-refractivity contribution in [2.45, 2.75) is 20.8 Å². The van der Waals surface area contributed by atoms with Crippen LogP contribution in [0, 0.1) is 13.8 Å². The number of carbonyl (C=O) groups excluding carboxylic acids is 1. The van der Waals surface area contributed by atoms with Crippen molar-refractivity contribution in [3.8, 4) is 11.1 Å². The van der Waals surface area contributed by atoms with Crippen molar-refractivity contribution in [3.05, 3.63) is 41.3 Å². The molecule has 0 saturated carbocycles. The van der Waals surface area contributed by atoms with Gasteiger partial charge in [0.05, 0.1) is 5.69 Å². The molecule has 94 valence electrons. The summed E-state index contributed by atoms with van der Waals surface area (Å²) in [6.07, 6.45) is 0. The van der Waals surface area contributed by atoms with Gasteiger partial charge in [0.2, 0.25) is 0 Å². The SMILES string of the molecule is CCNC(=O)c1ccccc1-c1c(C)noc1C. The largest absolute Gasteiger partial charge is 0.361 e. The number of hydrogen-bond acceptors (Lipinski definition) is 3. The summed E-state index contributed by atoms with van der Waals surface area (Å²) in [5.41, 5.74) is 3.20. The van der Waals surface area contributed by atoms with E-state index in [1.165, 1.54) is 0 Å². The summed E-state index contributed by atoms with van der Waals surface area (Å²) < 4.78 is 5.16. The van der Waals surface area contributed by atoms with E-state index in [4.69, 9.17) is 4.52 Å². The van der Waals surface area contributed by atoms with Crippen molar-refractivity contribution >= 4 is 5.91 Å². The predicted octanol–water partition coefficient (Wildman–Crippen LogP) is 2.71. The van der Waals surface area contributed by atoms with Gasteiger partial charge in [-0.2, -0.15) is 0 Å². The van der Waals surface area contributed by atoms with Gasteiger partial charge in [-0.05, 0) is 32.4 Å². The van der Waals surface area contributed by atoms with E-state index in [2.05, 4.69) is 10.5 Å². The van der Waals surface area contributed by atoms with Crippen molar-refractivity contribution in [2.24, 2.45) is 0 Å². The standard InChI is InChI=1S/C14H16N2O2/c1-4-15-14(17)12-8-6-5-7-11(12)13-9(2)16-18-10(13)3/h5-8H,4H2,1-3H3,(H,15,17). The molecule has 4 heteroatoms. The zero-order chi connectivity index (χ0) is 13.1. The Hall–Kier alpha value is -2.10. The lowest BCUT2D eigenvalue weighted by Crippen LogP contribution is -2.23. The van der Waals surface area contributed by atoms with Crippen LogP contribution >= 0.6 is 0 Å². The summed E-state index contributed by atoms with van der Waals surface area (Å²) in [7, 11) is 0. The molecule has 2 aromatic rings. The third-order valence-corrected chi connectivity index (χ3v) is 2.81. The van der Waals surface area contributed by atoms with Crippen molar-refractivity contribution in [1.29, 1.82) is 0 Å². The maximum Gasteiger partial charge on any atom is 0.251 e. The average molecular weight is 244 g/mol. The lowest BCUT2D eigenvalue weighted by molar-refractivity contribution is 0.0956. The van der Waals surface area contributed by atoms with E-state index in [9.17, 15) is 4.79 Å². The van der Waals surface area contributed by atoms with Crippen molar-refractivity contribution in [1.82, 2.24) is 10.5 Å². The first-order valence-electron chi connectivity index (χ1n) is 5.95. The Morgan fingerprint density at radius 3 is 2.67 bits per heavy atom. The number of rotatable bonds is 3. The van der Waals surface area contributed by atoms with Gasteiger partial charge in [-0.3, -0.25) is 4.79 Å². The molecule has 1 amide bonds. The van der Waals surface area contributed by atoms with Crippen LogP contribution in [-0.2, 0) is 0 Å². The summed E-state index contributed by atoms with van der Waals surface area (Å²) in [5, 5.41) is 6.75. The molecule has 0 aliphatic carbocycles. The molecule has 4 nitrogen and oxygen atoms in total. The van der Waals surface area contributed by atoms with E-state index in [0.717, 1.165) is 22.6 Å². The van der Waals surface area contributed by atoms with Crippen LogP contribution in [0.15, 0.2) is 28.8 Å². The van der Waals surface area contributed by atoms with Crippen LogP contribution in [0.3, 0.4) is 0 Å². The molecule has 2 rings (SSSR count). The molecule has 0 saturated heterocycles. The van der Waals surface area contributed by atoms with Gasteiger partial charge in [-0.1, -0.05) is 23.4 Å². The normalized spacial score (nSPS) is 10.4. The quantitative estimate of drug-likeness (QED) is 0.903. The molecule has 1 aromatic carbocycles. The Balaban J connectivity index is 2.55. The van der Waals surface area contributed by atoms with Crippen molar-refractivity contribution in [3.63, 3.8) is 0 Å². The zero-order valence-electron chi connectivity index (χ0n) is 10.8. The maximum atomic E-state index is 12.0. The third kappa shape index (κ3) is 2.14. The topological polar surface area (TPSA) is 55.1 Å². The number of amides is 1. The molecule has 1 aromatic heterocycles. The molecule has 1 N–H and O–H groups in total. The highest BCUT2D eigenvalue weighted by Crippen LogP contribution is 2.29. The molecule has 0 fully saturated rings. The van der Waals surface area contributed by atoms with Gasteiger partial charge < -0.3 is 9.84 Å². The zero-order valence-corrected chi connectivity index (χ0v) is 10.8. The maximum absolute atomic E-state index is 12.0. The van der Waals surface area contributed by atoms with Crippen LogP contribution in [-0.4, -0.2) is 17.6 Å². The Labute approximate surface area is 106 Å². The summed E-state index contributed by atoms with van der Waals surface area (Å²) >= 11 is 0. The molecule has 0 radical (unpaired) electrons. The monoisotopic (exact) mass is 244 g/mol. The second-order valence-electron chi connectivity index (χ2n) is 4.10. The fraction of sp³-hybridized carbons (Fsp3) is 0.286. The van der Waals surface area contributed by atoms with Crippen molar-refractivity contribution in [2.75, 3.05) is 6.54 Å². The number of aryl methyl sites for hydroxylation is 2. The third-order valence-electron chi connectivity index (χ3n) is 2.81. The first kappa shape index (κ1) is 12.4. The second-order valence-corrected chi connectivity index (χ2v) is 4.10. The van der Waals surface area contributed by atoms with Gasteiger partial charge in [-0.15, -0.1) is 0 Å². The van der Waals surface area contributed by atoms with E-state index < -0.39 is 0 Å². The minimum atomic E-state index is -0.0758. The molecule has 18 heavy (non-hydrogen) atoms. The van der Waals surface area contributed by atoms with E-state index >= 15 is 0 Å². The summed E-state index contributed by atoms with van der Waals surface area (Å²) in [6.45, 7) is 6.23. The smallest absolute Gasteiger partial charge is 0.251 e. The van der Waals surface area contributed by atoms with E-state index in [-0.39, 0.29) is 5.91 Å². The first-order chi connectivity index (χ1) is 8.65. The van der Waals surface area contributed by atoms with Gasteiger partial charge in [-0.25, -0.2) is 0 Å². The van der Waals surface area contributed by atoms with Gasteiger partial charge in [0.1, 0.15) is 5.76 Å². The first-order valence-corrected chi connectivity index (χ1v) is 5.95. The number of nitrogens with zero attached hydrogens (tertiary/aromatic N) is 1. The Kier molecular flexibility index (Phi) is 3.46. The number of hydrogen-bond donors (Lipinski definition) is 1. The summed E-state index contributed by atoms with van der Waals surface area (Å²) in [6, 6.07) is 7.49. The van der Waals surface area contributed by atoms with Crippen LogP contribution < -0.4 is 5.32 Å². The molecule has 0 aliphatic heterocycles. The van der Waals surface area contributed by atoms with Gasteiger partial charge in [0.15, 0.2) is 0 Å². The van der Waals surface area contributed by atoms with Crippen LogP contribution in [0.4, 0.5) is 0 Å². The van der Waals surface area contributed by atoms with Crippen LogP contribution in [0.5, 0.6) is 0 Å². The molecular weight excluding hydrogens is 228 g/mol.